The molecule has 3 rings (SSSR count). The highest BCUT2D eigenvalue weighted by Crippen LogP contribution is 2.39. The number of methoxy groups -OCH3 is 1. The van der Waals surface area contributed by atoms with E-state index < -0.39 is 17.7 Å². The number of furan rings is 1. The highest BCUT2D eigenvalue weighted by molar-refractivity contribution is 6.46. The summed E-state index contributed by atoms with van der Waals surface area (Å²) in [4.78, 5) is 28.0. The van der Waals surface area contributed by atoms with Crippen molar-refractivity contribution in [3.8, 4) is 5.75 Å². The number of carbonyl (C=O) groups is 2. The van der Waals surface area contributed by atoms with Gasteiger partial charge in [0.25, 0.3) is 11.7 Å². The minimum absolute atomic E-state index is 0.0250. The summed E-state index contributed by atoms with van der Waals surface area (Å²) in [5, 5.41) is 10.9. The number of nitrogens with zero attached hydrogens (tertiary/aromatic N) is 1. The summed E-state index contributed by atoms with van der Waals surface area (Å²) in [6.45, 7) is 1.02. The van der Waals surface area contributed by atoms with Gasteiger partial charge in [0.2, 0.25) is 0 Å². The van der Waals surface area contributed by atoms with Crippen molar-refractivity contribution in [2.75, 3.05) is 34.3 Å². The Morgan fingerprint density at radius 3 is 2.67 bits per heavy atom. The van der Waals surface area contributed by atoms with Gasteiger partial charge in [-0.1, -0.05) is 12.1 Å². The predicted molar refractivity (Wildman–Crippen MR) is 98.4 cm³/mol. The molecule has 1 aliphatic heterocycles. The zero-order chi connectivity index (χ0) is 19.6. The summed E-state index contributed by atoms with van der Waals surface area (Å²) in [5.74, 6) is -0.618. The standard InChI is InChI=1S/C20H22N2O5/c1-21(2)9-10-22-17(15-8-5-11-27-15)16(19(24)20(22)25)18(23)13-6-4-7-14(12-13)26-3/h4-8,11-12,17,23H,9-10H2,1-3H3/p+1. The third-order valence-electron chi connectivity index (χ3n) is 4.55. The Morgan fingerprint density at radius 2 is 2.04 bits per heavy atom. The number of quaternary nitrogens is 1. The fourth-order valence-corrected chi connectivity index (χ4v) is 3.12. The molecule has 0 saturated carbocycles. The van der Waals surface area contributed by atoms with Gasteiger partial charge in [-0.3, -0.25) is 9.59 Å². The summed E-state index contributed by atoms with van der Waals surface area (Å²) >= 11 is 0. The van der Waals surface area contributed by atoms with Crippen LogP contribution in [0.2, 0.25) is 0 Å². The van der Waals surface area contributed by atoms with E-state index in [1.807, 2.05) is 14.1 Å². The van der Waals surface area contributed by atoms with Crippen LogP contribution < -0.4 is 9.64 Å². The number of benzene rings is 1. The number of amides is 1. The fourth-order valence-electron chi connectivity index (χ4n) is 3.12. The Labute approximate surface area is 157 Å². The lowest BCUT2D eigenvalue weighted by molar-refractivity contribution is -0.857. The number of aliphatic hydroxyl groups is 1. The van der Waals surface area contributed by atoms with Crippen LogP contribution >= 0.6 is 0 Å². The first-order valence-corrected chi connectivity index (χ1v) is 8.69. The zero-order valence-corrected chi connectivity index (χ0v) is 15.6. The van der Waals surface area contributed by atoms with Gasteiger partial charge in [0, 0.05) is 5.56 Å². The minimum atomic E-state index is -0.759. The third kappa shape index (κ3) is 3.59. The monoisotopic (exact) mass is 371 g/mol. The molecular formula is C20H23N2O5+. The number of likely N-dealkylation sites (N-methyl/N-ethyl adjacent to an activating group) is 1. The van der Waals surface area contributed by atoms with Crippen LogP contribution in [0.1, 0.15) is 17.4 Å². The summed E-state index contributed by atoms with van der Waals surface area (Å²) in [6, 6.07) is 9.36. The molecule has 1 saturated heterocycles. The molecule has 1 amide bonds. The molecule has 7 nitrogen and oxygen atoms in total. The van der Waals surface area contributed by atoms with Gasteiger partial charge in [0.05, 0.1) is 46.1 Å². The van der Waals surface area contributed by atoms with Gasteiger partial charge in [-0.15, -0.1) is 0 Å². The minimum Gasteiger partial charge on any atom is -0.507 e. The largest absolute Gasteiger partial charge is 0.507 e. The number of rotatable bonds is 6. The van der Waals surface area contributed by atoms with Crippen LogP contribution in [0.15, 0.2) is 52.7 Å². The molecule has 0 spiro atoms. The molecular weight excluding hydrogens is 348 g/mol. The van der Waals surface area contributed by atoms with E-state index in [1.54, 1.807) is 36.4 Å². The van der Waals surface area contributed by atoms with Gasteiger partial charge in [-0.25, -0.2) is 0 Å². The van der Waals surface area contributed by atoms with Crippen molar-refractivity contribution in [2.45, 2.75) is 6.04 Å². The summed E-state index contributed by atoms with van der Waals surface area (Å²) in [6.07, 6.45) is 1.48. The second-order valence-corrected chi connectivity index (χ2v) is 6.70. The van der Waals surface area contributed by atoms with Crippen molar-refractivity contribution in [2.24, 2.45) is 0 Å². The number of hydrogen-bond donors (Lipinski definition) is 2. The fraction of sp³-hybridized carbons (Fsp3) is 0.300. The maximum absolute atomic E-state index is 12.7. The second-order valence-electron chi connectivity index (χ2n) is 6.70. The number of ketones is 1. The first-order valence-electron chi connectivity index (χ1n) is 8.69. The second kappa shape index (κ2) is 7.67. The lowest BCUT2D eigenvalue weighted by atomic mass is 9.99. The molecule has 0 radical (unpaired) electrons. The Bertz CT molecular complexity index is 870. The van der Waals surface area contributed by atoms with Gasteiger partial charge < -0.3 is 24.1 Å². The first-order chi connectivity index (χ1) is 12.9. The third-order valence-corrected chi connectivity index (χ3v) is 4.55. The molecule has 2 N–H and O–H groups in total. The van der Waals surface area contributed by atoms with Gasteiger partial charge in [0.1, 0.15) is 23.3 Å². The van der Waals surface area contributed by atoms with E-state index in [-0.39, 0.29) is 11.3 Å². The maximum Gasteiger partial charge on any atom is 0.295 e. The molecule has 2 heterocycles. The topological polar surface area (TPSA) is 84.4 Å². The lowest BCUT2D eigenvalue weighted by Gasteiger charge is -2.23. The number of ether oxygens (including phenoxy) is 1. The van der Waals surface area contributed by atoms with Crippen LogP contribution in [-0.4, -0.2) is 56.0 Å². The maximum atomic E-state index is 12.7. The van der Waals surface area contributed by atoms with Crippen LogP contribution in [0.5, 0.6) is 5.75 Å². The molecule has 0 aliphatic carbocycles. The SMILES string of the molecule is COc1cccc(C(O)=C2C(=O)C(=O)N(CC[NH+](C)C)C2c2ccco2)c1. The Balaban J connectivity index is 2.10. The molecule has 7 heteroatoms. The molecule has 1 aromatic carbocycles. The predicted octanol–water partition coefficient (Wildman–Crippen LogP) is 0.854. The van der Waals surface area contributed by atoms with Crippen molar-refractivity contribution in [1.29, 1.82) is 0 Å². The number of aliphatic hydroxyl groups excluding tert-OH is 1. The molecule has 1 aromatic heterocycles. The van der Waals surface area contributed by atoms with Crippen molar-refractivity contribution in [1.82, 2.24) is 4.90 Å². The normalized spacial score (nSPS) is 19.1. The lowest BCUT2D eigenvalue weighted by Crippen LogP contribution is -3.06. The number of hydrogen-bond acceptors (Lipinski definition) is 5. The highest BCUT2D eigenvalue weighted by Gasteiger charge is 2.47. The van der Waals surface area contributed by atoms with Crippen molar-refractivity contribution in [3.63, 3.8) is 0 Å². The van der Waals surface area contributed by atoms with E-state index >= 15 is 0 Å². The van der Waals surface area contributed by atoms with Gasteiger partial charge in [-0.2, -0.15) is 0 Å². The highest BCUT2D eigenvalue weighted by atomic mass is 16.5. The van der Waals surface area contributed by atoms with Crippen LogP contribution in [-0.2, 0) is 9.59 Å². The van der Waals surface area contributed by atoms with Crippen molar-refractivity contribution >= 4 is 17.4 Å². The van der Waals surface area contributed by atoms with E-state index in [0.29, 0.717) is 30.2 Å². The molecule has 1 atom stereocenters. The molecule has 27 heavy (non-hydrogen) atoms. The van der Waals surface area contributed by atoms with Crippen molar-refractivity contribution < 1.29 is 28.7 Å². The van der Waals surface area contributed by atoms with Crippen LogP contribution in [0.3, 0.4) is 0 Å². The van der Waals surface area contributed by atoms with Crippen LogP contribution in [0.4, 0.5) is 0 Å². The summed E-state index contributed by atoms with van der Waals surface area (Å²) in [5.41, 5.74) is 0.430. The van der Waals surface area contributed by atoms with Gasteiger partial charge in [0.15, 0.2) is 0 Å². The Kier molecular flexibility index (Phi) is 5.32. The summed E-state index contributed by atoms with van der Waals surface area (Å²) < 4.78 is 10.7. The molecule has 2 aromatic rings. The van der Waals surface area contributed by atoms with E-state index in [4.69, 9.17) is 9.15 Å². The Morgan fingerprint density at radius 1 is 1.26 bits per heavy atom. The Hall–Kier alpha value is -3.06. The van der Waals surface area contributed by atoms with Crippen molar-refractivity contribution in [3.05, 3.63) is 59.6 Å². The molecule has 1 fully saturated rings. The van der Waals surface area contributed by atoms with Crippen LogP contribution in [0, 0.1) is 0 Å². The molecule has 1 unspecified atom stereocenters. The molecule has 142 valence electrons. The van der Waals surface area contributed by atoms with E-state index in [2.05, 4.69) is 0 Å². The summed E-state index contributed by atoms with van der Waals surface area (Å²) in [7, 11) is 5.45. The first kappa shape index (κ1) is 18.7. The number of Topliss-reactive ketones (excluding diaryl/α,β-unsaturated/α-hetero) is 1. The average Bonchev–Trinajstić information content (AvgIpc) is 3.27. The molecule has 0 bridgehead atoms. The number of nitrogens with one attached hydrogen (secondary N) is 1. The zero-order valence-electron chi connectivity index (χ0n) is 15.6. The molecule has 1 aliphatic rings. The smallest absolute Gasteiger partial charge is 0.295 e. The number of carbonyl (C=O) groups excluding carboxylic acids is 2. The number of likely N-dealkylation sites (tertiary alicyclic amines) is 1. The average molecular weight is 371 g/mol. The van der Waals surface area contributed by atoms with E-state index in [1.165, 1.54) is 18.3 Å². The van der Waals surface area contributed by atoms with E-state index in [9.17, 15) is 14.7 Å². The quantitative estimate of drug-likeness (QED) is 0.447. The van der Waals surface area contributed by atoms with Gasteiger partial charge in [-0.05, 0) is 24.3 Å². The van der Waals surface area contributed by atoms with Crippen LogP contribution in [0.25, 0.3) is 5.76 Å². The van der Waals surface area contributed by atoms with Gasteiger partial charge >= 0.3 is 0 Å². The van der Waals surface area contributed by atoms with E-state index in [0.717, 1.165) is 4.90 Å².